The normalized spacial score (nSPS) is 10.3. The van der Waals surface area contributed by atoms with E-state index in [1.54, 1.807) is 0 Å². The molecule has 0 aromatic carbocycles. The van der Waals surface area contributed by atoms with Crippen LogP contribution in [0, 0.1) is 0 Å². The molecule has 0 unspecified atom stereocenters. The highest BCUT2D eigenvalue weighted by Gasteiger charge is 2.27. The Hall–Kier alpha value is 0.0169. The molecule has 0 bridgehead atoms. The van der Waals surface area contributed by atoms with E-state index in [-0.39, 0.29) is 5.48 Å². The second-order valence-corrected chi connectivity index (χ2v) is 2.33. The minimum atomic E-state index is -4.13. The topological polar surface area (TPSA) is 101 Å². The average Bonchev–Trinajstić information content (AvgIpc) is 1.35. The van der Waals surface area contributed by atoms with Crippen LogP contribution in [0.2, 0.25) is 0 Å². The monoisotopic (exact) mass is 128 g/mol. The van der Waals surface area contributed by atoms with Crippen molar-refractivity contribution in [2.75, 3.05) is 7.11 Å². The van der Waals surface area contributed by atoms with Crippen LogP contribution in [0.3, 0.4) is 0 Å². The van der Waals surface area contributed by atoms with E-state index in [1.807, 2.05) is 0 Å². The van der Waals surface area contributed by atoms with Crippen LogP contribution in [0.15, 0.2) is 0 Å². The van der Waals surface area contributed by atoms with Crippen molar-refractivity contribution in [1.29, 1.82) is 0 Å². The van der Waals surface area contributed by atoms with E-state index in [4.69, 9.17) is 14.4 Å². The predicted molar refractivity (Wildman–Crippen MR) is 23.0 cm³/mol. The van der Waals surface area contributed by atoms with Crippen molar-refractivity contribution in [2.24, 2.45) is 0 Å². The van der Waals surface area contributed by atoms with Gasteiger partial charge >= 0.3 is 9.05 Å². The Morgan fingerprint density at radius 3 is 1.43 bits per heavy atom. The van der Waals surface area contributed by atoms with Gasteiger partial charge in [-0.1, -0.05) is 0 Å². The van der Waals surface area contributed by atoms with E-state index < -0.39 is 9.05 Å². The third-order valence-corrected chi connectivity index (χ3v) is 0.822. The second-order valence-electron chi connectivity index (χ2n) is 0.778. The van der Waals surface area contributed by atoms with Crippen LogP contribution in [0.25, 0.3) is 0 Å². The summed E-state index contributed by atoms with van der Waals surface area (Å²) in [5.74, 6) is 0. The Morgan fingerprint density at radius 1 is 1.29 bits per heavy atom. The Balaban J connectivity index is 0. The van der Waals surface area contributed by atoms with Crippen LogP contribution in [0.1, 0.15) is 0 Å². The third-order valence-electron chi connectivity index (χ3n) is 0.274. The molecule has 0 aliphatic rings. The van der Waals surface area contributed by atoms with Gasteiger partial charge in [0.1, 0.15) is 0 Å². The zero-order valence-electron chi connectivity index (χ0n) is 3.75. The largest absolute Gasteiger partial charge is 0.671 e. The van der Waals surface area contributed by atoms with Gasteiger partial charge in [0.2, 0.25) is 0 Å². The van der Waals surface area contributed by atoms with E-state index in [1.165, 1.54) is 0 Å². The molecule has 0 saturated heterocycles. The van der Waals surface area contributed by atoms with Gasteiger partial charge in [-0.2, -0.15) is 0 Å². The number of hydrogen-bond acceptors (Lipinski definition) is 4. The minimum absolute atomic E-state index is 0. The van der Waals surface area contributed by atoms with E-state index in [0.29, 0.717) is 0 Å². The lowest BCUT2D eigenvalue weighted by atomic mass is 11.8. The smallest absolute Gasteiger partial charge is 0.412 e. The summed E-state index contributed by atoms with van der Waals surface area (Å²) in [7, 11) is -3.11. The van der Waals surface area contributed by atoms with Crippen molar-refractivity contribution in [1.82, 2.24) is 0 Å². The van der Waals surface area contributed by atoms with Crippen molar-refractivity contribution in [3.05, 3.63) is 0 Å². The molecule has 0 saturated carbocycles. The maximum atomic E-state index is 7.85. The summed E-state index contributed by atoms with van der Waals surface area (Å²) in [6.45, 7) is 0. The van der Waals surface area contributed by atoms with E-state index in [0.717, 1.165) is 7.11 Å². The van der Waals surface area contributed by atoms with E-state index >= 15 is 0 Å². The summed E-state index contributed by atoms with van der Waals surface area (Å²) in [4.78, 5) is 23.6. The summed E-state index contributed by atoms with van der Waals surface area (Å²) in [5, 5.41) is 0. The molecule has 0 radical (unpaired) electrons. The van der Waals surface area contributed by atoms with Crippen LogP contribution in [-0.4, -0.2) is 36.0 Å². The first kappa shape index (κ1) is 10.1. The van der Waals surface area contributed by atoms with Crippen molar-refractivity contribution in [3.8, 4) is 0 Å². The van der Waals surface area contributed by atoms with Crippen molar-refractivity contribution < 1.29 is 24.3 Å². The molecular formula is CH8O5Si. The highest BCUT2D eigenvalue weighted by atomic mass is 28.4. The molecule has 0 aliphatic heterocycles. The van der Waals surface area contributed by atoms with Crippen LogP contribution < -0.4 is 0 Å². The standard InChI is InChI=1S/CH6O4Si.H2O/c1-5-6(2,3)4;/h2-4H,1H3;1H2. The van der Waals surface area contributed by atoms with Crippen LogP contribution in [0.4, 0.5) is 0 Å². The van der Waals surface area contributed by atoms with Gasteiger partial charge in [-0.3, -0.25) is 0 Å². The maximum Gasteiger partial charge on any atom is 0.671 e. The molecule has 0 spiro atoms. The molecule has 0 rings (SSSR count). The second kappa shape index (κ2) is 3.08. The van der Waals surface area contributed by atoms with Gasteiger partial charge in [-0.15, -0.1) is 0 Å². The molecular weight excluding hydrogens is 120 g/mol. The van der Waals surface area contributed by atoms with Gasteiger partial charge in [0, 0.05) is 7.11 Å². The molecule has 0 aromatic heterocycles. The van der Waals surface area contributed by atoms with Crippen molar-refractivity contribution >= 4 is 9.05 Å². The quantitative estimate of drug-likeness (QED) is 0.332. The van der Waals surface area contributed by atoms with Crippen molar-refractivity contribution in [3.63, 3.8) is 0 Å². The van der Waals surface area contributed by atoms with Gasteiger partial charge in [0.15, 0.2) is 0 Å². The lowest BCUT2D eigenvalue weighted by Crippen LogP contribution is -2.37. The highest BCUT2D eigenvalue weighted by Crippen LogP contribution is 1.80. The van der Waals surface area contributed by atoms with Gasteiger partial charge in [0.05, 0.1) is 0 Å². The lowest BCUT2D eigenvalue weighted by Gasteiger charge is -2.01. The minimum Gasteiger partial charge on any atom is -0.412 e. The predicted octanol–water partition coefficient (Wildman–Crippen LogP) is -2.78. The molecule has 0 aliphatic carbocycles. The van der Waals surface area contributed by atoms with Crippen LogP contribution >= 0.6 is 0 Å². The number of rotatable bonds is 1. The van der Waals surface area contributed by atoms with Crippen LogP contribution in [0.5, 0.6) is 0 Å². The fourth-order valence-corrected chi connectivity index (χ4v) is 0. The summed E-state index contributed by atoms with van der Waals surface area (Å²) in [6, 6.07) is 0. The van der Waals surface area contributed by atoms with Gasteiger partial charge < -0.3 is 24.3 Å². The molecule has 0 aromatic rings. The zero-order chi connectivity index (χ0) is 5.21. The van der Waals surface area contributed by atoms with Gasteiger partial charge in [-0.05, 0) is 0 Å². The first-order valence-electron chi connectivity index (χ1n) is 1.28. The average molecular weight is 128 g/mol. The SMILES string of the molecule is CO[Si](O)(O)O.O. The van der Waals surface area contributed by atoms with E-state index in [2.05, 4.69) is 4.43 Å². The summed E-state index contributed by atoms with van der Waals surface area (Å²) >= 11 is 0. The summed E-state index contributed by atoms with van der Waals surface area (Å²) < 4.78 is 3.74. The maximum absolute atomic E-state index is 7.85. The molecule has 0 heterocycles. The summed E-state index contributed by atoms with van der Waals surface area (Å²) in [6.07, 6.45) is 0. The molecule has 7 heavy (non-hydrogen) atoms. The number of hydrogen-bond donors (Lipinski definition) is 3. The fraction of sp³-hybridized carbons (Fsp3) is 1.00. The highest BCUT2D eigenvalue weighted by molar-refractivity contribution is 6.48. The first-order valence-corrected chi connectivity index (χ1v) is 3.03. The van der Waals surface area contributed by atoms with Gasteiger partial charge in [0.25, 0.3) is 0 Å². The van der Waals surface area contributed by atoms with Crippen molar-refractivity contribution in [2.45, 2.75) is 0 Å². The first-order chi connectivity index (χ1) is 2.56. The third kappa shape index (κ3) is 10.7. The molecule has 0 atom stereocenters. The van der Waals surface area contributed by atoms with Gasteiger partial charge in [-0.25, -0.2) is 0 Å². The zero-order valence-corrected chi connectivity index (χ0v) is 4.75. The fourth-order valence-electron chi connectivity index (χ4n) is 0. The molecule has 0 fully saturated rings. The van der Waals surface area contributed by atoms with E-state index in [9.17, 15) is 0 Å². The molecule has 5 nitrogen and oxygen atoms in total. The molecule has 46 valence electrons. The lowest BCUT2D eigenvalue weighted by molar-refractivity contribution is 0.0881. The Labute approximate surface area is 41.6 Å². The van der Waals surface area contributed by atoms with Crippen LogP contribution in [-0.2, 0) is 4.43 Å². The molecule has 5 N–H and O–H groups in total. The molecule has 6 heteroatoms. The molecule has 0 amide bonds. The Morgan fingerprint density at radius 2 is 1.43 bits per heavy atom. The Kier molecular flexibility index (Phi) is 4.43. The Bertz CT molecular complexity index is 37.8. The summed E-state index contributed by atoms with van der Waals surface area (Å²) in [5.41, 5.74) is 0.